The molecule has 2 aromatic carbocycles. The van der Waals surface area contributed by atoms with E-state index < -0.39 is 5.41 Å². The Balaban J connectivity index is 1.71. The first kappa shape index (κ1) is 15.7. The van der Waals surface area contributed by atoms with Crippen molar-refractivity contribution in [3.05, 3.63) is 58.6 Å². The average Bonchev–Trinajstić information content (AvgIpc) is 3.34. The fourth-order valence-corrected chi connectivity index (χ4v) is 2.76. The van der Waals surface area contributed by atoms with Crippen LogP contribution < -0.4 is 10.6 Å². The second-order valence-corrected chi connectivity index (χ2v) is 6.69. The first-order valence-corrected chi connectivity index (χ1v) is 8.25. The largest absolute Gasteiger partial charge is 0.325 e. The predicted molar refractivity (Wildman–Crippen MR) is 94.2 cm³/mol. The van der Waals surface area contributed by atoms with E-state index in [1.54, 1.807) is 6.07 Å². The van der Waals surface area contributed by atoms with E-state index in [1.807, 2.05) is 49.4 Å². The Hall–Kier alpha value is -2.14. The molecule has 2 N–H and O–H groups in total. The highest BCUT2D eigenvalue weighted by Gasteiger charge is 2.56. The molecule has 0 radical (unpaired) electrons. The molecule has 4 nitrogen and oxygen atoms in total. The van der Waals surface area contributed by atoms with Crippen LogP contribution in [0.4, 0.5) is 11.4 Å². The molecule has 5 heteroatoms. The van der Waals surface area contributed by atoms with Crippen LogP contribution in [0.5, 0.6) is 0 Å². The summed E-state index contributed by atoms with van der Waals surface area (Å²) in [6, 6.07) is 14.9. The molecule has 3 rings (SSSR count). The molecule has 1 aliphatic carbocycles. The van der Waals surface area contributed by atoms with E-state index in [9.17, 15) is 9.59 Å². The number of carbonyl (C=O) groups excluding carboxylic acids is 2. The van der Waals surface area contributed by atoms with E-state index in [-0.39, 0.29) is 11.8 Å². The Labute approximate surface area is 143 Å². The van der Waals surface area contributed by atoms with Gasteiger partial charge in [-0.1, -0.05) is 29.8 Å². The lowest BCUT2D eigenvalue weighted by molar-refractivity contribution is -0.131. The fourth-order valence-electron chi connectivity index (χ4n) is 2.37. The number of anilines is 2. The van der Waals surface area contributed by atoms with Gasteiger partial charge in [-0.05, 0) is 60.0 Å². The topological polar surface area (TPSA) is 58.2 Å². The highest BCUT2D eigenvalue weighted by Crippen LogP contribution is 2.47. The van der Waals surface area contributed by atoms with Gasteiger partial charge in [0.05, 0.1) is 5.69 Å². The molecule has 118 valence electrons. The summed E-state index contributed by atoms with van der Waals surface area (Å²) in [6.45, 7) is 1.99. The van der Waals surface area contributed by atoms with Gasteiger partial charge in [-0.15, -0.1) is 0 Å². The van der Waals surface area contributed by atoms with Crippen molar-refractivity contribution < 1.29 is 9.59 Å². The Morgan fingerprint density at radius 3 is 2.17 bits per heavy atom. The Morgan fingerprint density at radius 1 is 0.957 bits per heavy atom. The molecule has 2 amide bonds. The van der Waals surface area contributed by atoms with Crippen molar-refractivity contribution in [2.24, 2.45) is 5.41 Å². The summed E-state index contributed by atoms with van der Waals surface area (Å²) in [5.74, 6) is -0.500. The van der Waals surface area contributed by atoms with Crippen molar-refractivity contribution >= 4 is 39.1 Å². The number of para-hydroxylation sites is 1. The summed E-state index contributed by atoms with van der Waals surface area (Å²) in [4.78, 5) is 25.1. The zero-order valence-electron chi connectivity index (χ0n) is 12.7. The van der Waals surface area contributed by atoms with Gasteiger partial charge in [-0.25, -0.2) is 0 Å². The smallest absolute Gasteiger partial charge is 0.240 e. The second kappa shape index (κ2) is 6.16. The van der Waals surface area contributed by atoms with E-state index in [2.05, 4.69) is 26.6 Å². The number of aryl methyl sites for hydroxylation is 1. The average molecular weight is 373 g/mol. The SMILES string of the molecule is Cc1ccc(NC(=O)C2(C(=O)Nc3ccccc3Br)CC2)cc1. The van der Waals surface area contributed by atoms with E-state index >= 15 is 0 Å². The second-order valence-electron chi connectivity index (χ2n) is 5.84. The summed E-state index contributed by atoms with van der Waals surface area (Å²) in [5.41, 5.74) is 1.54. The third-order valence-electron chi connectivity index (χ3n) is 4.05. The van der Waals surface area contributed by atoms with Crippen molar-refractivity contribution in [1.82, 2.24) is 0 Å². The lowest BCUT2D eigenvalue weighted by Gasteiger charge is -2.16. The van der Waals surface area contributed by atoms with Crippen molar-refractivity contribution in [2.75, 3.05) is 10.6 Å². The lowest BCUT2D eigenvalue weighted by atomic mass is 10.0. The molecule has 0 aromatic heterocycles. The van der Waals surface area contributed by atoms with Crippen LogP contribution in [-0.4, -0.2) is 11.8 Å². The van der Waals surface area contributed by atoms with Crippen LogP contribution in [0, 0.1) is 12.3 Å². The number of hydrogen-bond acceptors (Lipinski definition) is 2. The summed E-state index contributed by atoms with van der Waals surface area (Å²) in [6.07, 6.45) is 1.14. The van der Waals surface area contributed by atoms with E-state index in [1.165, 1.54) is 0 Å². The molecule has 0 unspecified atom stereocenters. The number of halogens is 1. The molecule has 23 heavy (non-hydrogen) atoms. The van der Waals surface area contributed by atoms with Gasteiger partial charge in [0.25, 0.3) is 0 Å². The summed E-state index contributed by atoms with van der Waals surface area (Å²) in [5, 5.41) is 5.68. The van der Waals surface area contributed by atoms with Crippen LogP contribution >= 0.6 is 15.9 Å². The number of hydrogen-bond donors (Lipinski definition) is 2. The number of rotatable bonds is 4. The lowest BCUT2D eigenvalue weighted by Crippen LogP contribution is -2.35. The minimum absolute atomic E-state index is 0.245. The van der Waals surface area contributed by atoms with E-state index in [0.717, 1.165) is 10.0 Å². The molecule has 1 fully saturated rings. The van der Waals surface area contributed by atoms with Gasteiger partial charge in [0.2, 0.25) is 11.8 Å². The standard InChI is InChI=1S/C18H17BrN2O2/c1-12-6-8-13(9-7-12)20-16(22)18(10-11-18)17(23)21-15-5-3-2-4-14(15)19/h2-9H,10-11H2,1H3,(H,20,22)(H,21,23). The third kappa shape index (κ3) is 3.29. The van der Waals surface area contributed by atoms with Crippen molar-refractivity contribution in [3.8, 4) is 0 Å². The first-order chi connectivity index (χ1) is 11.0. The van der Waals surface area contributed by atoms with Crippen LogP contribution in [0.1, 0.15) is 18.4 Å². The minimum Gasteiger partial charge on any atom is -0.325 e. The van der Waals surface area contributed by atoms with Crippen LogP contribution in [0.2, 0.25) is 0 Å². The zero-order valence-corrected chi connectivity index (χ0v) is 14.3. The Morgan fingerprint density at radius 2 is 1.57 bits per heavy atom. The van der Waals surface area contributed by atoms with Gasteiger partial charge in [0.15, 0.2) is 0 Å². The Kier molecular flexibility index (Phi) is 4.22. The third-order valence-corrected chi connectivity index (χ3v) is 4.74. The number of benzene rings is 2. The molecular weight excluding hydrogens is 356 g/mol. The molecule has 0 saturated heterocycles. The minimum atomic E-state index is -0.958. The predicted octanol–water partition coefficient (Wildman–Crippen LogP) is 4.11. The maximum Gasteiger partial charge on any atom is 0.240 e. The summed E-state index contributed by atoms with van der Waals surface area (Å²) < 4.78 is 0.795. The van der Waals surface area contributed by atoms with Gasteiger partial charge in [0, 0.05) is 10.2 Å². The number of amides is 2. The van der Waals surface area contributed by atoms with Crippen LogP contribution in [-0.2, 0) is 9.59 Å². The van der Waals surface area contributed by atoms with Crippen molar-refractivity contribution in [3.63, 3.8) is 0 Å². The van der Waals surface area contributed by atoms with E-state index in [0.29, 0.717) is 24.2 Å². The molecule has 0 spiro atoms. The molecular formula is C18H17BrN2O2. The van der Waals surface area contributed by atoms with Gasteiger partial charge in [-0.2, -0.15) is 0 Å². The van der Waals surface area contributed by atoms with Crippen molar-refractivity contribution in [1.29, 1.82) is 0 Å². The summed E-state index contributed by atoms with van der Waals surface area (Å²) in [7, 11) is 0. The molecule has 1 saturated carbocycles. The van der Waals surface area contributed by atoms with Gasteiger partial charge in [0.1, 0.15) is 5.41 Å². The van der Waals surface area contributed by atoms with Crippen LogP contribution in [0.25, 0.3) is 0 Å². The maximum absolute atomic E-state index is 12.5. The Bertz CT molecular complexity index is 752. The van der Waals surface area contributed by atoms with E-state index in [4.69, 9.17) is 0 Å². The molecule has 0 atom stereocenters. The number of nitrogens with one attached hydrogen (secondary N) is 2. The number of carbonyl (C=O) groups is 2. The maximum atomic E-state index is 12.5. The zero-order chi connectivity index (χ0) is 16.4. The van der Waals surface area contributed by atoms with Crippen molar-refractivity contribution in [2.45, 2.75) is 19.8 Å². The normalized spacial score (nSPS) is 14.9. The highest BCUT2D eigenvalue weighted by molar-refractivity contribution is 9.10. The monoisotopic (exact) mass is 372 g/mol. The van der Waals surface area contributed by atoms with Gasteiger partial charge >= 0.3 is 0 Å². The first-order valence-electron chi connectivity index (χ1n) is 7.45. The van der Waals surface area contributed by atoms with Crippen LogP contribution in [0.3, 0.4) is 0 Å². The van der Waals surface area contributed by atoms with Gasteiger partial charge in [-0.3, -0.25) is 9.59 Å². The quantitative estimate of drug-likeness (QED) is 0.793. The molecule has 2 aromatic rings. The molecule has 0 bridgehead atoms. The van der Waals surface area contributed by atoms with Crippen LogP contribution in [0.15, 0.2) is 53.0 Å². The highest BCUT2D eigenvalue weighted by atomic mass is 79.9. The molecule has 1 aliphatic rings. The fraction of sp³-hybridized carbons (Fsp3) is 0.222. The van der Waals surface area contributed by atoms with Gasteiger partial charge < -0.3 is 10.6 Å². The molecule has 0 heterocycles. The molecule has 0 aliphatic heterocycles. The summed E-state index contributed by atoms with van der Waals surface area (Å²) >= 11 is 3.39.